The fourth-order valence-electron chi connectivity index (χ4n) is 2.51. The fraction of sp³-hybridized carbons (Fsp3) is 0.250. The molecule has 1 aliphatic rings. The van der Waals surface area contributed by atoms with Gasteiger partial charge in [0.15, 0.2) is 0 Å². The Hall–Kier alpha value is -2.61. The van der Waals surface area contributed by atoms with Gasteiger partial charge >= 0.3 is 0 Å². The molecule has 0 bridgehead atoms. The molecule has 1 aliphatic heterocycles. The smallest absolute Gasteiger partial charge is 0.255 e. The number of hydrogen-bond donors (Lipinski definition) is 1. The molecule has 0 aliphatic carbocycles. The monoisotopic (exact) mass is 347 g/mol. The second-order valence-corrected chi connectivity index (χ2v) is 7.35. The number of carbonyl (C=O) groups is 1. The minimum absolute atomic E-state index is 0.140. The molecule has 126 valence electrons. The minimum atomic E-state index is -3.27. The summed E-state index contributed by atoms with van der Waals surface area (Å²) in [6.45, 7) is 0.440. The van der Waals surface area contributed by atoms with Crippen molar-refractivity contribution < 1.29 is 17.9 Å². The summed E-state index contributed by atoms with van der Waals surface area (Å²) >= 11 is 0. The van der Waals surface area contributed by atoms with Gasteiger partial charge in [-0.05, 0) is 30.7 Å². The Morgan fingerprint density at radius 1 is 1.29 bits per heavy atom. The predicted molar refractivity (Wildman–Crippen MR) is 90.9 cm³/mol. The van der Waals surface area contributed by atoms with Gasteiger partial charge in [0.2, 0.25) is 15.9 Å². The van der Waals surface area contributed by atoms with Crippen LogP contribution in [0, 0.1) is 0 Å². The zero-order chi connectivity index (χ0) is 17.2. The molecule has 1 N–H and O–H groups in total. The maximum Gasteiger partial charge on any atom is 0.255 e. The summed E-state index contributed by atoms with van der Waals surface area (Å²) in [5.74, 6) is 0.260. The van der Waals surface area contributed by atoms with Crippen molar-refractivity contribution in [3.05, 3.63) is 48.2 Å². The van der Waals surface area contributed by atoms with Crippen LogP contribution in [0.5, 0.6) is 5.88 Å². The van der Waals surface area contributed by atoms with Crippen LogP contribution >= 0.6 is 0 Å². The van der Waals surface area contributed by atoms with Gasteiger partial charge in [-0.1, -0.05) is 6.07 Å². The van der Waals surface area contributed by atoms with Gasteiger partial charge in [-0.3, -0.25) is 9.10 Å². The molecule has 1 aromatic carbocycles. The molecule has 24 heavy (non-hydrogen) atoms. The molecule has 2 heterocycles. The molecule has 1 fully saturated rings. The van der Waals surface area contributed by atoms with Crippen molar-refractivity contribution in [2.75, 3.05) is 29.0 Å². The topological polar surface area (TPSA) is 88.6 Å². The van der Waals surface area contributed by atoms with Crippen LogP contribution in [0.3, 0.4) is 0 Å². The van der Waals surface area contributed by atoms with E-state index in [1.807, 2.05) is 0 Å². The SMILES string of the molecule is COc1ccc(NC(=O)c2cccc(N3CCCS3(=O)=O)c2)cn1. The van der Waals surface area contributed by atoms with Crippen molar-refractivity contribution in [1.29, 1.82) is 0 Å². The number of benzene rings is 1. The number of aromatic nitrogens is 1. The molecule has 3 rings (SSSR count). The molecular weight excluding hydrogens is 330 g/mol. The highest BCUT2D eigenvalue weighted by atomic mass is 32.2. The van der Waals surface area contributed by atoms with Crippen LogP contribution < -0.4 is 14.4 Å². The summed E-state index contributed by atoms with van der Waals surface area (Å²) in [6.07, 6.45) is 2.09. The summed E-state index contributed by atoms with van der Waals surface area (Å²) in [5.41, 5.74) is 1.42. The van der Waals surface area contributed by atoms with Crippen molar-refractivity contribution in [2.45, 2.75) is 6.42 Å². The van der Waals surface area contributed by atoms with Crippen molar-refractivity contribution in [3.63, 3.8) is 0 Å². The van der Waals surface area contributed by atoms with E-state index in [2.05, 4.69) is 10.3 Å². The summed E-state index contributed by atoms with van der Waals surface area (Å²) in [5, 5.41) is 2.72. The molecule has 0 spiro atoms. The Bertz CT molecular complexity index is 850. The normalized spacial score (nSPS) is 16.0. The molecule has 1 aromatic heterocycles. The van der Waals surface area contributed by atoms with Gasteiger partial charge in [0.05, 0.1) is 30.4 Å². The van der Waals surface area contributed by atoms with Crippen LogP contribution in [0.25, 0.3) is 0 Å². The lowest BCUT2D eigenvalue weighted by Crippen LogP contribution is -2.25. The molecule has 0 radical (unpaired) electrons. The summed E-state index contributed by atoms with van der Waals surface area (Å²) in [6, 6.07) is 9.90. The Morgan fingerprint density at radius 3 is 2.75 bits per heavy atom. The molecular formula is C16H17N3O4S. The van der Waals surface area contributed by atoms with E-state index in [9.17, 15) is 13.2 Å². The second-order valence-electron chi connectivity index (χ2n) is 5.34. The van der Waals surface area contributed by atoms with Gasteiger partial charge in [-0.15, -0.1) is 0 Å². The maximum atomic E-state index is 12.4. The van der Waals surface area contributed by atoms with E-state index in [-0.39, 0.29) is 11.7 Å². The third kappa shape index (κ3) is 3.33. The summed E-state index contributed by atoms with van der Waals surface area (Å²) in [4.78, 5) is 16.4. The van der Waals surface area contributed by atoms with Crippen LogP contribution in [0.1, 0.15) is 16.8 Å². The molecule has 0 saturated carbocycles. The fourth-order valence-corrected chi connectivity index (χ4v) is 4.07. The predicted octanol–water partition coefficient (Wildman–Crippen LogP) is 1.88. The molecule has 2 aromatic rings. The van der Waals surface area contributed by atoms with Crippen molar-refractivity contribution >= 4 is 27.3 Å². The van der Waals surface area contributed by atoms with Crippen molar-refractivity contribution in [1.82, 2.24) is 4.98 Å². The highest BCUT2D eigenvalue weighted by Crippen LogP contribution is 2.25. The molecule has 1 saturated heterocycles. The molecule has 0 unspecified atom stereocenters. The first kappa shape index (κ1) is 16.3. The standard InChI is InChI=1S/C16H17N3O4S/c1-23-15-7-6-13(11-17-15)18-16(20)12-4-2-5-14(10-12)19-8-3-9-24(19,21)22/h2,4-7,10-11H,3,8-9H2,1H3,(H,18,20). The number of amides is 1. The van der Waals surface area contributed by atoms with E-state index in [0.29, 0.717) is 35.8 Å². The van der Waals surface area contributed by atoms with Crippen molar-refractivity contribution in [3.8, 4) is 5.88 Å². The Labute approximate surface area is 140 Å². The number of nitrogens with one attached hydrogen (secondary N) is 1. The van der Waals surface area contributed by atoms with Crippen LogP contribution in [0.15, 0.2) is 42.6 Å². The molecule has 0 atom stereocenters. The number of hydrogen-bond acceptors (Lipinski definition) is 5. The zero-order valence-corrected chi connectivity index (χ0v) is 13.9. The minimum Gasteiger partial charge on any atom is -0.481 e. The van der Waals surface area contributed by atoms with E-state index in [1.54, 1.807) is 36.4 Å². The quantitative estimate of drug-likeness (QED) is 0.912. The first-order valence-electron chi connectivity index (χ1n) is 7.41. The Balaban J connectivity index is 1.79. The highest BCUT2D eigenvalue weighted by molar-refractivity contribution is 7.93. The highest BCUT2D eigenvalue weighted by Gasteiger charge is 2.28. The van der Waals surface area contributed by atoms with E-state index in [0.717, 1.165) is 0 Å². The first-order chi connectivity index (χ1) is 11.5. The lowest BCUT2D eigenvalue weighted by molar-refractivity contribution is 0.102. The van der Waals surface area contributed by atoms with E-state index in [4.69, 9.17) is 4.74 Å². The first-order valence-corrected chi connectivity index (χ1v) is 9.02. The van der Waals surface area contributed by atoms with Gasteiger partial charge < -0.3 is 10.1 Å². The Morgan fingerprint density at radius 2 is 2.12 bits per heavy atom. The van der Waals surface area contributed by atoms with Crippen LogP contribution in [0.4, 0.5) is 11.4 Å². The van der Waals surface area contributed by atoms with Crippen LogP contribution in [0.2, 0.25) is 0 Å². The van der Waals surface area contributed by atoms with Crippen LogP contribution in [-0.2, 0) is 10.0 Å². The van der Waals surface area contributed by atoms with E-state index in [1.165, 1.54) is 17.6 Å². The van der Waals surface area contributed by atoms with E-state index < -0.39 is 10.0 Å². The van der Waals surface area contributed by atoms with Gasteiger partial charge in [0, 0.05) is 18.2 Å². The lowest BCUT2D eigenvalue weighted by Gasteiger charge is -2.17. The number of anilines is 2. The average Bonchev–Trinajstić information content (AvgIpc) is 2.95. The largest absolute Gasteiger partial charge is 0.481 e. The average molecular weight is 347 g/mol. The van der Waals surface area contributed by atoms with Crippen molar-refractivity contribution in [2.24, 2.45) is 0 Å². The third-order valence-electron chi connectivity index (χ3n) is 3.70. The molecule has 1 amide bonds. The third-order valence-corrected chi connectivity index (χ3v) is 5.57. The van der Waals surface area contributed by atoms with E-state index >= 15 is 0 Å². The summed E-state index contributed by atoms with van der Waals surface area (Å²) < 4.78 is 30.3. The number of pyridine rings is 1. The van der Waals surface area contributed by atoms with Gasteiger partial charge in [-0.2, -0.15) is 0 Å². The second kappa shape index (κ2) is 6.48. The van der Waals surface area contributed by atoms with Gasteiger partial charge in [0.25, 0.3) is 5.91 Å². The number of carbonyl (C=O) groups excluding carboxylic acids is 1. The van der Waals surface area contributed by atoms with Gasteiger partial charge in [0.1, 0.15) is 0 Å². The van der Waals surface area contributed by atoms with Gasteiger partial charge in [-0.25, -0.2) is 13.4 Å². The number of nitrogens with zero attached hydrogens (tertiary/aromatic N) is 2. The molecule has 8 heteroatoms. The number of sulfonamides is 1. The zero-order valence-electron chi connectivity index (χ0n) is 13.1. The molecule has 7 nitrogen and oxygen atoms in total. The van der Waals surface area contributed by atoms with Crippen LogP contribution in [-0.4, -0.2) is 38.7 Å². The summed E-state index contributed by atoms with van der Waals surface area (Å²) in [7, 11) is -1.76. The number of ether oxygens (including phenoxy) is 1. The Kier molecular flexibility index (Phi) is 4.39. The number of methoxy groups -OCH3 is 1. The maximum absolute atomic E-state index is 12.4. The number of rotatable bonds is 4. The lowest BCUT2D eigenvalue weighted by atomic mass is 10.2.